The van der Waals surface area contributed by atoms with Gasteiger partial charge in [-0.15, -0.1) is 0 Å². The van der Waals surface area contributed by atoms with Crippen molar-refractivity contribution in [2.75, 3.05) is 12.8 Å². The molecule has 0 saturated heterocycles. The molecule has 1 heterocycles. The van der Waals surface area contributed by atoms with Crippen LogP contribution >= 0.6 is 0 Å². The van der Waals surface area contributed by atoms with Crippen LogP contribution < -0.4 is 11.1 Å². The first-order valence-corrected chi connectivity index (χ1v) is 6.02. The van der Waals surface area contributed by atoms with Crippen molar-refractivity contribution in [3.63, 3.8) is 0 Å². The smallest absolute Gasteiger partial charge is 0.126 e. The van der Waals surface area contributed by atoms with Crippen LogP contribution in [-0.4, -0.2) is 18.1 Å². The first-order valence-electron chi connectivity index (χ1n) is 6.02. The Kier molecular flexibility index (Phi) is 3.15. The summed E-state index contributed by atoms with van der Waals surface area (Å²) in [6.07, 6.45) is 4.28. The summed E-state index contributed by atoms with van der Waals surface area (Å²) in [5.41, 5.74) is 8.43. The number of hydrogen-bond acceptors (Lipinski definition) is 3. The molecule has 88 valence electrons. The van der Waals surface area contributed by atoms with Crippen LogP contribution in [0.3, 0.4) is 0 Å². The van der Waals surface area contributed by atoms with Crippen LogP contribution in [0.5, 0.6) is 0 Å². The van der Waals surface area contributed by atoms with Gasteiger partial charge in [0.2, 0.25) is 0 Å². The monoisotopic (exact) mass is 219 g/mol. The van der Waals surface area contributed by atoms with Gasteiger partial charge in [-0.25, -0.2) is 4.98 Å². The SMILES string of the molecule is CNC1CCC(c2cc(C)cnc2N)C1C. The van der Waals surface area contributed by atoms with Crippen molar-refractivity contribution < 1.29 is 0 Å². The van der Waals surface area contributed by atoms with Gasteiger partial charge < -0.3 is 11.1 Å². The van der Waals surface area contributed by atoms with E-state index in [0.717, 1.165) is 0 Å². The summed E-state index contributed by atoms with van der Waals surface area (Å²) in [6.45, 7) is 4.38. The molecule has 3 unspecified atom stereocenters. The van der Waals surface area contributed by atoms with Crippen molar-refractivity contribution in [3.05, 3.63) is 23.4 Å². The van der Waals surface area contributed by atoms with Gasteiger partial charge in [-0.3, -0.25) is 0 Å². The van der Waals surface area contributed by atoms with E-state index >= 15 is 0 Å². The number of anilines is 1. The second-order valence-electron chi connectivity index (χ2n) is 4.93. The summed E-state index contributed by atoms with van der Waals surface area (Å²) in [5.74, 6) is 1.90. The fourth-order valence-electron chi connectivity index (χ4n) is 2.91. The molecule has 0 amide bonds. The molecule has 1 saturated carbocycles. The fraction of sp³-hybridized carbons (Fsp3) is 0.615. The molecule has 3 atom stereocenters. The minimum absolute atomic E-state index is 0.560. The molecule has 0 aromatic carbocycles. The standard InChI is InChI=1S/C13H21N3/c1-8-6-11(13(14)16-7-8)10-4-5-12(15-3)9(10)2/h6-7,9-10,12,15H,4-5H2,1-3H3,(H2,14,16). The largest absolute Gasteiger partial charge is 0.383 e. The lowest BCUT2D eigenvalue weighted by Crippen LogP contribution is -2.29. The van der Waals surface area contributed by atoms with Gasteiger partial charge in [-0.05, 0) is 49.8 Å². The molecule has 0 spiro atoms. The summed E-state index contributed by atoms with van der Waals surface area (Å²) >= 11 is 0. The first kappa shape index (κ1) is 11.4. The molecule has 1 aromatic heterocycles. The van der Waals surface area contributed by atoms with Crippen molar-refractivity contribution in [2.45, 2.75) is 38.6 Å². The number of hydrogen-bond donors (Lipinski definition) is 2. The maximum Gasteiger partial charge on any atom is 0.126 e. The molecule has 1 aliphatic carbocycles. The molecule has 3 nitrogen and oxygen atoms in total. The maximum atomic E-state index is 5.99. The second kappa shape index (κ2) is 4.42. The molecule has 0 aliphatic heterocycles. The zero-order chi connectivity index (χ0) is 11.7. The molecular formula is C13H21N3. The Hall–Kier alpha value is -1.09. The minimum atomic E-state index is 0.560. The van der Waals surface area contributed by atoms with E-state index in [1.165, 1.54) is 24.0 Å². The summed E-state index contributed by atoms with van der Waals surface area (Å²) < 4.78 is 0. The van der Waals surface area contributed by atoms with Crippen LogP contribution in [-0.2, 0) is 0 Å². The van der Waals surface area contributed by atoms with Crippen LogP contribution in [0.25, 0.3) is 0 Å². The van der Waals surface area contributed by atoms with Crippen LogP contribution in [0.1, 0.15) is 36.8 Å². The topological polar surface area (TPSA) is 50.9 Å². The van der Waals surface area contributed by atoms with Crippen molar-refractivity contribution in [1.29, 1.82) is 0 Å². The average Bonchev–Trinajstić information content (AvgIpc) is 2.63. The van der Waals surface area contributed by atoms with Crippen molar-refractivity contribution in [2.24, 2.45) is 5.92 Å². The number of aromatic nitrogens is 1. The number of nitrogens with two attached hydrogens (primary N) is 1. The molecule has 16 heavy (non-hydrogen) atoms. The number of nitrogens with one attached hydrogen (secondary N) is 1. The zero-order valence-corrected chi connectivity index (χ0v) is 10.3. The number of rotatable bonds is 2. The fourth-order valence-corrected chi connectivity index (χ4v) is 2.91. The lowest BCUT2D eigenvalue weighted by molar-refractivity contribution is 0.429. The molecule has 2 rings (SSSR count). The molecular weight excluding hydrogens is 198 g/mol. The van der Waals surface area contributed by atoms with Gasteiger partial charge in [0.1, 0.15) is 5.82 Å². The summed E-state index contributed by atoms with van der Waals surface area (Å²) in [6, 6.07) is 2.81. The third-order valence-electron chi connectivity index (χ3n) is 3.91. The van der Waals surface area contributed by atoms with E-state index in [4.69, 9.17) is 5.73 Å². The molecule has 1 aliphatic rings. The van der Waals surface area contributed by atoms with Crippen molar-refractivity contribution in [1.82, 2.24) is 10.3 Å². The van der Waals surface area contributed by atoms with Crippen LogP contribution in [0.2, 0.25) is 0 Å². The average molecular weight is 219 g/mol. The molecule has 1 fully saturated rings. The molecule has 1 aromatic rings. The highest BCUT2D eigenvalue weighted by molar-refractivity contribution is 5.44. The summed E-state index contributed by atoms with van der Waals surface area (Å²) in [4.78, 5) is 4.27. The predicted molar refractivity (Wildman–Crippen MR) is 67.4 cm³/mol. The van der Waals surface area contributed by atoms with Gasteiger partial charge in [-0.1, -0.05) is 13.0 Å². The van der Waals surface area contributed by atoms with Gasteiger partial charge >= 0.3 is 0 Å². The van der Waals surface area contributed by atoms with E-state index in [2.05, 4.69) is 30.2 Å². The van der Waals surface area contributed by atoms with Crippen LogP contribution in [0.4, 0.5) is 5.82 Å². The van der Waals surface area contributed by atoms with E-state index in [9.17, 15) is 0 Å². The molecule has 3 N–H and O–H groups in total. The number of aryl methyl sites for hydroxylation is 1. The minimum Gasteiger partial charge on any atom is -0.383 e. The van der Waals surface area contributed by atoms with Crippen molar-refractivity contribution >= 4 is 5.82 Å². The predicted octanol–water partition coefficient (Wildman–Crippen LogP) is 2.07. The third-order valence-corrected chi connectivity index (χ3v) is 3.91. The van der Waals surface area contributed by atoms with Gasteiger partial charge in [0.15, 0.2) is 0 Å². The normalized spacial score (nSPS) is 29.6. The second-order valence-corrected chi connectivity index (χ2v) is 4.93. The lowest BCUT2D eigenvalue weighted by atomic mass is 9.88. The Balaban J connectivity index is 2.28. The van der Waals surface area contributed by atoms with E-state index in [0.29, 0.717) is 23.7 Å². The van der Waals surface area contributed by atoms with Gasteiger partial charge in [0.25, 0.3) is 0 Å². The maximum absolute atomic E-state index is 5.99. The molecule has 0 radical (unpaired) electrons. The highest BCUT2D eigenvalue weighted by atomic mass is 14.9. The summed E-state index contributed by atoms with van der Waals surface area (Å²) in [7, 11) is 2.04. The van der Waals surface area contributed by atoms with E-state index in [1.54, 1.807) is 0 Å². The Morgan fingerprint density at radius 2 is 2.19 bits per heavy atom. The Morgan fingerprint density at radius 1 is 1.44 bits per heavy atom. The van der Waals surface area contributed by atoms with Crippen LogP contribution in [0, 0.1) is 12.8 Å². The Morgan fingerprint density at radius 3 is 2.81 bits per heavy atom. The highest BCUT2D eigenvalue weighted by Gasteiger charge is 2.33. The van der Waals surface area contributed by atoms with E-state index in [-0.39, 0.29) is 0 Å². The number of pyridine rings is 1. The highest BCUT2D eigenvalue weighted by Crippen LogP contribution is 2.41. The van der Waals surface area contributed by atoms with E-state index < -0.39 is 0 Å². The lowest BCUT2D eigenvalue weighted by Gasteiger charge is -2.21. The molecule has 3 heteroatoms. The number of nitrogens with zero attached hydrogens (tertiary/aromatic N) is 1. The van der Waals surface area contributed by atoms with Gasteiger partial charge in [0.05, 0.1) is 0 Å². The van der Waals surface area contributed by atoms with E-state index in [1.807, 2.05) is 13.2 Å². The van der Waals surface area contributed by atoms with Crippen molar-refractivity contribution in [3.8, 4) is 0 Å². The zero-order valence-electron chi connectivity index (χ0n) is 10.3. The Bertz CT molecular complexity index is 375. The van der Waals surface area contributed by atoms with Crippen LogP contribution in [0.15, 0.2) is 12.3 Å². The molecule has 0 bridgehead atoms. The first-order chi connectivity index (χ1) is 7.63. The number of nitrogen functional groups attached to an aromatic ring is 1. The summed E-state index contributed by atoms with van der Waals surface area (Å²) in [5, 5.41) is 3.39. The quantitative estimate of drug-likeness (QED) is 0.800. The third kappa shape index (κ3) is 1.92. The van der Waals surface area contributed by atoms with Gasteiger partial charge in [-0.2, -0.15) is 0 Å². The van der Waals surface area contributed by atoms with Gasteiger partial charge in [0, 0.05) is 12.2 Å². The Labute approximate surface area is 97.5 Å².